The van der Waals surface area contributed by atoms with Gasteiger partial charge >= 0.3 is 6.09 Å². The van der Waals surface area contributed by atoms with Gasteiger partial charge in [-0.15, -0.1) is 0 Å². The number of ether oxygens (including phenoxy) is 1. The molecule has 2 fully saturated rings. The van der Waals surface area contributed by atoms with Gasteiger partial charge in [0.1, 0.15) is 23.5 Å². The first kappa shape index (κ1) is 28.9. The summed E-state index contributed by atoms with van der Waals surface area (Å²) < 4.78 is 46.9. The van der Waals surface area contributed by atoms with Gasteiger partial charge in [0, 0.05) is 44.6 Å². The molecular weight excluding hydrogens is 549 g/mol. The average molecular weight is 579 g/mol. The Bertz CT molecular complexity index is 1470. The van der Waals surface area contributed by atoms with E-state index in [2.05, 4.69) is 9.97 Å². The Kier molecular flexibility index (Phi) is 8.56. The van der Waals surface area contributed by atoms with Crippen molar-refractivity contribution in [3.8, 4) is 11.8 Å². The van der Waals surface area contributed by atoms with Crippen LogP contribution in [0, 0.1) is 34.7 Å². The zero-order valence-corrected chi connectivity index (χ0v) is 22.9. The maximum Gasteiger partial charge on any atom is 0.415 e. The minimum Gasteiger partial charge on any atom is -0.410 e. The summed E-state index contributed by atoms with van der Waals surface area (Å²) in [7, 11) is 0. The third-order valence-corrected chi connectivity index (χ3v) is 7.89. The molecule has 2 atom stereocenters. The van der Waals surface area contributed by atoms with Gasteiger partial charge in [-0.1, -0.05) is 6.07 Å². The van der Waals surface area contributed by atoms with E-state index in [1.54, 1.807) is 18.0 Å². The standard InChI is InChI=1S/C30H29F3N6O3/c1-2-39(30(41)42-23-6-4-21(31)5-7-23)27-18-38(17-24(27)20-3-8-25(32)26(33)13-20)29(40)19-9-11-37(12-10-19)28-16-35-22(14-34)15-36-28/h3-8,13,15-16,19,24,27H,2,9-12,17-18H2,1H3/t24-,27+/m0/s1. The fraction of sp³-hybridized carbons (Fsp3) is 0.367. The van der Waals surface area contributed by atoms with E-state index in [0.717, 1.165) is 12.1 Å². The fourth-order valence-corrected chi connectivity index (χ4v) is 5.67. The minimum absolute atomic E-state index is 0.0707. The van der Waals surface area contributed by atoms with Gasteiger partial charge in [-0.25, -0.2) is 27.9 Å². The first-order valence-electron chi connectivity index (χ1n) is 13.7. The molecular formula is C30H29F3N6O3. The van der Waals surface area contributed by atoms with Crippen LogP contribution in [0.5, 0.6) is 5.75 Å². The lowest BCUT2D eigenvalue weighted by atomic mass is 9.93. The van der Waals surface area contributed by atoms with Gasteiger partial charge in [0.05, 0.1) is 18.4 Å². The number of carbonyl (C=O) groups is 2. The van der Waals surface area contributed by atoms with Crippen LogP contribution in [0.15, 0.2) is 54.9 Å². The molecule has 3 aromatic rings. The molecule has 0 unspecified atom stereocenters. The van der Waals surface area contributed by atoms with E-state index in [9.17, 15) is 22.8 Å². The molecule has 2 amide bonds. The lowest BCUT2D eigenvalue weighted by molar-refractivity contribution is -0.135. The van der Waals surface area contributed by atoms with Crippen molar-refractivity contribution >= 4 is 17.8 Å². The quantitative estimate of drug-likeness (QED) is 0.425. The number of nitrogens with zero attached hydrogens (tertiary/aromatic N) is 6. The van der Waals surface area contributed by atoms with E-state index in [1.165, 1.54) is 41.4 Å². The lowest BCUT2D eigenvalue weighted by Gasteiger charge is -2.34. The van der Waals surface area contributed by atoms with Gasteiger partial charge in [-0.05, 0) is 61.7 Å². The molecule has 2 aliphatic rings. The number of anilines is 1. The molecule has 0 bridgehead atoms. The van der Waals surface area contributed by atoms with Crippen LogP contribution in [-0.2, 0) is 4.79 Å². The van der Waals surface area contributed by atoms with Crippen LogP contribution in [0.1, 0.15) is 36.9 Å². The third kappa shape index (κ3) is 6.15. The molecule has 0 radical (unpaired) electrons. The number of hydrogen-bond acceptors (Lipinski definition) is 7. The first-order chi connectivity index (χ1) is 20.3. The number of benzene rings is 2. The lowest BCUT2D eigenvalue weighted by Crippen LogP contribution is -2.47. The number of likely N-dealkylation sites (N-methyl/N-ethyl adjacent to an activating group) is 1. The summed E-state index contributed by atoms with van der Waals surface area (Å²) >= 11 is 0. The van der Waals surface area contributed by atoms with Crippen molar-refractivity contribution < 1.29 is 27.5 Å². The Morgan fingerprint density at radius 2 is 1.76 bits per heavy atom. The van der Waals surface area contributed by atoms with E-state index >= 15 is 0 Å². The van der Waals surface area contributed by atoms with Gasteiger partial charge in [-0.3, -0.25) is 4.79 Å². The van der Waals surface area contributed by atoms with Gasteiger partial charge in [0.25, 0.3) is 0 Å². The number of aromatic nitrogens is 2. The van der Waals surface area contributed by atoms with Crippen LogP contribution in [0.2, 0.25) is 0 Å². The summed E-state index contributed by atoms with van der Waals surface area (Å²) in [6.45, 7) is 3.56. The molecule has 2 saturated heterocycles. The minimum atomic E-state index is -1.01. The van der Waals surface area contributed by atoms with Crippen molar-refractivity contribution in [2.45, 2.75) is 31.7 Å². The zero-order chi connectivity index (χ0) is 29.8. The third-order valence-electron chi connectivity index (χ3n) is 7.89. The second-order valence-corrected chi connectivity index (χ2v) is 10.3. The largest absolute Gasteiger partial charge is 0.415 e. The Balaban J connectivity index is 1.32. The first-order valence-corrected chi connectivity index (χ1v) is 13.7. The molecule has 0 spiro atoms. The van der Waals surface area contributed by atoms with Crippen LogP contribution in [-0.4, -0.2) is 70.5 Å². The Hall–Kier alpha value is -4.66. The fourth-order valence-electron chi connectivity index (χ4n) is 5.67. The van der Waals surface area contributed by atoms with E-state index in [0.29, 0.717) is 37.3 Å². The van der Waals surface area contributed by atoms with Crippen molar-refractivity contribution in [3.05, 3.63) is 83.6 Å². The maximum absolute atomic E-state index is 14.3. The second kappa shape index (κ2) is 12.5. The molecule has 1 aromatic heterocycles. The monoisotopic (exact) mass is 578 g/mol. The Labute approximate surface area is 241 Å². The van der Waals surface area contributed by atoms with Crippen LogP contribution in [0.25, 0.3) is 0 Å². The number of piperidine rings is 1. The zero-order valence-electron chi connectivity index (χ0n) is 22.9. The summed E-state index contributed by atoms with van der Waals surface area (Å²) in [6, 6.07) is 10.0. The molecule has 3 heterocycles. The summed E-state index contributed by atoms with van der Waals surface area (Å²) in [5.74, 6) is -2.49. The number of carbonyl (C=O) groups excluding carboxylic acids is 2. The summed E-state index contributed by atoms with van der Waals surface area (Å²) in [5, 5.41) is 8.95. The van der Waals surface area contributed by atoms with Crippen molar-refractivity contribution in [2.24, 2.45) is 5.92 Å². The maximum atomic E-state index is 14.3. The Morgan fingerprint density at radius 1 is 1.02 bits per heavy atom. The molecule has 218 valence electrons. The number of halogens is 3. The summed E-state index contributed by atoms with van der Waals surface area (Å²) in [5.41, 5.74) is 0.696. The van der Waals surface area contributed by atoms with Crippen molar-refractivity contribution in [1.29, 1.82) is 5.26 Å². The average Bonchev–Trinajstić information content (AvgIpc) is 3.45. The number of likely N-dealkylation sites (tertiary alicyclic amines) is 1. The molecule has 42 heavy (non-hydrogen) atoms. The summed E-state index contributed by atoms with van der Waals surface area (Å²) in [6.07, 6.45) is 3.41. The van der Waals surface area contributed by atoms with E-state index < -0.39 is 35.5 Å². The highest BCUT2D eigenvalue weighted by atomic mass is 19.2. The van der Waals surface area contributed by atoms with E-state index in [1.807, 2.05) is 11.0 Å². The molecule has 0 aliphatic carbocycles. The highest BCUT2D eigenvalue weighted by Crippen LogP contribution is 2.35. The van der Waals surface area contributed by atoms with Crippen molar-refractivity contribution in [3.63, 3.8) is 0 Å². The number of hydrogen-bond donors (Lipinski definition) is 0. The number of amides is 2. The van der Waals surface area contributed by atoms with Gasteiger partial charge in [0.2, 0.25) is 5.91 Å². The van der Waals surface area contributed by atoms with E-state index in [4.69, 9.17) is 10.00 Å². The molecule has 2 aliphatic heterocycles. The van der Waals surface area contributed by atoms with Crippen LogP contribution in [0.3, 0.4) is 0 Å². The number of rotatable bonds is 6. The van der Waals surface area contributed by atoms with Crippen molar-refractivity contribution in [2.75, 3.05) is 37.6 Å². The van der Waals surface area contributed by atoms with Crippen LogP contribution >= 0.6 is 0 Å². The van der Waals surface area contributed by atoms with Crippen LogP contribution < -0.4 is 9.64 Å². The second-order valence-electron chi connectivity index (χ2n) is 10.3. The molecule has 9 nitrogen and oxygen atoms in total. The topological polar surface area (TPSA) is 103 Å². The van der Waals surface area contributed by atoms with E-state index in [-0.39, 0.29) is 42.9 Å². The van der Waals surface area contributed by atoms with Gasteiger partial charge in [0.15, 0.2) is 17.3 Å². The molecule has 0 saturated carbocycles. The normalized spacial score (nSPS) is 18.9. The Morgan fingerprint density at radius 3 is 2.38 bits per heavy atom. The highest BCUT2D eigenvalue weighted by Gasteiger charge is 2.43. The van der Waals surface area contributed by atoms with Crippen molar-refractivity contribution in [1.82, 2.24) is 19.8 Å². The molecule has 5 rings (SSSR count). The molecule has 0 N–H and O–H groups in total. The predicted molar refractivity (Wildman–Crippen MR) is 146 cm³/mol. The highest BCUT2D eigenvalue weighted by molar-refractivity contribution is 5.80. The molecule has 2 aromatic carbocycles. The van der Waals surface area contributed by atoms with Gasteiger partial charge < -0.3 is 19.4 Å². The SMILES string of the molecule is CCN(C(=O)Oc1ccc(F)cc1)[C@@H]1CN(C(=O)C2CCN(c3cnc(C#N)cn3)CC2)C[C@H]1c1ccc(F)c(F)c1. The summed E-state index contributed by atoms with van der Waals surface area (Å²) in [4.78, 5) is 40.5. The van der Waals surface area contributed by atoms with Crippen LogP contribution in [0.4, 0.5) is 23.8 Å². The predicted octanol–water partition coefficient (Wildman–Crippen LogP) is 4.50. The number of nitriles is 1. The molecule has 12 heteroatoms. The van der Waals surface area contributed by atoms with Gasteiger partial charge in [-0.2, -0.15) is 5.26 Å². The smallest absolute Gasteiger partial charge is 0.410 e.